The quantitative estimate of drug-likeness (QED) is 0.396. The molecule has 0 aliphatic heterocycles. The molecule has 3 heteroatoms. The monoisotopic (exact) mass is 393 g/mol. The molecule has 0 unspecified atom stereocenters. The fourth-order valence-corrected chi connectivity index (χ4v) is 3.39. The lowest BCUT2D eigenvalue weighted by molar-refractivity contribution is 0.102. The number of carbonyl (C=O) groups excluding carboxylic acids is 1. The molecule has 0 aliphatic rings. The number of ether oxygens (including phenoxy) is 1. The molecule has 4 rings (SSSR count). The van der Waals surface area contributed by atoms with Crippen molar-refractivity contribution in [3.8, 4) is 22.6 Å². The van der Waals surface area contributed by atoms with E-state index in [1.165, 1.54) is 0 Å². The van der Waals surface area contributed by atoms with E-state index in [0.29, 0.717) is 5.56 Å². The molecular formula is C27H23NO2. The van der Waals surface area contributed by atoms with Crippen LogP contribution in [0.3, 0.4) is 0 Å². The van der Waals surface area contributed by atoms with E-state index in [2.05, 4.69) is 5.32 Å². The van der Waals surface area contributed by atoms with Gasteiger partial charge in [0.1, 0.15) is 11.5 Å². The first-order chi connectivity index (χ1) is 14.6. The molecule has 0 radical (unpaired) electrons. The molecular weight excluding hydrogens is 370 g/mol. The third kappa shape index (κ3) is 4.26. The number of hydrogen-bond acceptors (Lipinski definition) is 2. The molecule has 0 fully saturated rings. The van der Waals surface area contributed by atoms with E-state index in [9.17, 15) is 4.79 Å². The molecule has 4 aromatic rings. The predicted molar refractivity (Wildman–Crippen MR) is 122 cm³/mol. The Morgan fingerprint density at radius 3 is 2.10 bits per heavy atom. The minimum absolute atomic E-state index is 0.116. The normalized spacial score (nSPS) is 10.5. The summed E-state index contributed by atoms with van der Waals surface area (Å²) in [7, 11) is 0. The van der Waals surface area contributed by atoms with Crippen molar-refractivity contribution in [2.45, 2.75) is 13.8 Å². The summed E-state index contributed by atoms with van der Waals surface area (Å²) in [6.45, 7) is 3.98. The van der Waals surface area contributed by atoms with Gasteiger partial charge in [-0.2, -0.15) is 0 Å². The second-order valence-corrected chi connectivity index (χ2v) is 7.21. The van der Waals surface area contributed by atoms with E-state index in [1.807, 2.05) is 111 Å². The van der Waals surface area contributed by atoms with Gasteiger partial charge in [0.25, 0.3) is 5.91 Å². The van der Waals surface area contributed by atoms with Gasteiger partial charge in [0.15, 0.2) is 0 Å². The predicted octanol–water partition coefficient (Wildman–Crippen LogP) is 7.02. The molecule has 0 bridgehead atoms. The van der Waals surface area contributed by atoms with Gasteiger partial charge < -0.3 is 10.1 Å². The Morgan fingerprint density at radius 2 is 1.37 bits per heavy atom. The number of amides is 1. The van der Waals surface area contributed by atoms with Crippen LogP contribution in [0.5, 0.6) is 11.5 Å². The number of anilines is 1. The first-order valence-electron chi connectivity index (χ1n) is 9.92. The van der Waals surface area contributed by atoms with Gasteiger partial charge in [0.05, 0.1) is 0 Å². The van der Waals surface area contributed by atoms with Crippen molar-refractivity contribution in [2.24, 2.45) is 0 Å². The zero-order valence-corrected chi connectivity index (χ0v) is 17.1. The number of hydrogen-bond donors (Lipinski definition) is 1. The minimum atomic E-state index is -0.116. The van der Waals surface area contributed by atoms with Crippen LogP contribution in [0, 0.1) is 13.8 Å². The smallest absolute Gasteiger partial charge is 0.255 e. The average molecular weight is 393 g/mol. The fraction of sp³-hybridized carbons (Fsp3) is 0.0741. The third-order valence-corrected chi connectivity index (χ3v) is 5.01. The summed E-state index contributed by atoms with van der Waals surface area (Å²) in [6, 6.07) is 31.3. The summed E-state index contributed by atoms with van der Waals surface area (Å²) in [5, 5.41) is 2.94. The molecule has 0 saturated carbocycles. The Hall–Kier alpha value is -3.85. The lowest BCUT2D eigenvalue weighted by Crippen LogP contribution is -2.13. The van der Waals surface area contributed by atoms with Crippen LogP contribution >= 0.6 is 0 Å². The maximum Gasteiger partial charge on any atom is 0.255 e. The Bertz CT molecular complexity index is 1180. The van der Waals surface area contributed by atoms with E-state index in [1.54, 1.807) is 0 Å². The van der Waals surface area contributed by atoms with Crippen LogP contribution < -0.4 is 10.1 Å². The molecule has 1 N–H and O–H groups in total. The largest absolute Gasteiger partial charge is 0.456 e. The van der Waals surface area contributed by atoms with Gasteiger partial charge in [0, 0.05) is 16.8 Å². The molecule has 0 aliphatic carbocycles. The molecule has 0 saturated heterocycles. The van der Waals surface area contributed by atoms with Gasteiger partial charge in [-0.05, 0) is 60.9 Å². The first-order valence-corrected chi connectivity index (χ1v) is 9.92. The molecule has 30 heavy (non-hydrogen) atoms. The van der Waals surface area contributed by atoms with E-state index < -0.39 is 0 Å². The number of nitrogens with one attached hydrogen (secondary N) is 1. The highest BCUT2D eigenvalue weighted by Crippen LogP contribution is 2.35. The summed E-state index contributed by atoms with van der Waals surface area (Å²) >= 11 is 0. The van der Waals surface area contributed by atoms with Crippen LogP contribution in [-0.4, -0.2) is 5.91 Å². The van der Waals surface area contributed by atoms with Crippen molar-refractivity contribution in [2.75, 3.05) is 5.32 Å². The first kappa shape index (κ1) is 19.5. The van der Waals surface area contributed by atoms with E-state index in [4.69, 9.17) is 4.74 Å². The summed E-state index contributed by atoms with van der Waals surface area (Å²) in [5.41, 5.74) is 5.41. The zero-order valence-electron chi connectivity index (χ0n) is 17.1. The number of benzene rings is 4. The second kappa shape index (κ2) is 8.66. The summed E-state index contributed by atoms with van der Waals surface area (Å²) in [5.74, 6) is 1.50. The number of para-hydroxylation sites is 3. The Labute approximate surface area is 177 Å². The number of carbonyl (C=O) groups is 1. The summed E-state index contributed by atoms with van der Waals surface area (Å²) in [4.78, 5) is 12.7. The van der Waals surface area contributed by atoms with Crippen molar-refractivity contribution in [3.05, 3.63) is 114 Å². The maximum atomic E-state index is 12.7. The van der Waals surface area contributed by atoms with Crippen molar-refractivity contribution < 1.29 is 9.53 Å². The van der Waals surface area contributed by atoms with Gasteiger partial charge in [0.2, 0.25) is 0 Å². The van der Waals surface area contributed by atoms with Gasteiger partial charge in [-0.25, -0.2) is 0 Å². The number of rotatable bonds is 5. The molecule has 4 aromatic carbocycles. The van der Waals surface area contributed by atoms with Crippen LogP contribution in [-0.2, 0) is 0 Å². The van der Waals surface area contributed by atoms with Crippen LogP contribution in [0.2, 0.25) is 0 Å². The van der Waals surface area contributed by atoms with Crippen molar-refractivity contribution in [1.29, 1.82) is 0 Å². The van der Waals surface area contributed by atoms with Crippen molar-refractivity contribution in [3.63, 3.8) is 0 Å². The maximum absolute atomic E-state index is 12.7. The lowest BCUT2D eigenvalue weighted by atomic mass is 9.98. The summed E-state index contributed by atoms with van der Waals surface area (Å²) < 4.78 is 6.21. The zero-order chi connectivity index (χ0) is 20.9. The van der Waals surface area contributed by atoms with E-state index in [0.717, 1.165) is 39.4 Å². The van der Waals surface area contributed by atoms with Crippen LogP contribution in [0.4, 0.5) is 5.69 Å². The summed E-state index contributed by atoms with van der Waals surface area (Å²) in [6.07, 6.45) is 0. The fourth-order valence-electron chi connectivity index (χ4n) is 3.39. The minimum Gasteiger partial charge on any atom is -0.456 e. The Balaban J connectivity index is 1.62. The van der Waals surface area contributed by atoms with Gasteiger partial charge >= 0.3 is 0 Å². The highest BCUT2D eigenvalue weighted by molar-refractivity contribution is 6.05. The molecule has 0 aromatic heterocycles. The number of aryl methyl sites for hydroxylation is 2. The lowest BCUT2D eigenvalue weighted by Gasteiger charge is -2.14. The SMILES string of the molecule is Cc1ccccc1Oc1ccccc1-c1ccc(C(=O)Nc2ccccc2)c(C)c1. The standard InChI is InChI=1S/C27H23NO2/c1-19-10-6-8-14-25(19)30-26-15-9-7-13-24(26)21-16-17-23(20(2)18-21)27(29)28-22-11-4-3-5-12-22/h3-18H,1-2H3,(H,28,29). The Morgan fingerprint density at radius 1 is 0.700 bits per heavy atom. The molecule has 0 spiro atoms. The second-order valence-electron chi connectivity index (χ2n) is 7.21. The molecule has 0 atom stereocenters. The van der Waals surface area contributed by atoms with Crippen molar-refractivity contribution in [1.82, 2.24) is 0 Å². The van der Waals surface area contributed by atoms with Crippen LogP contribution in [0.1, 0.15) is 21.5 Å². The van der Waals surface area contributed by atoms with Gasteiger partial charge in [-0.3, -0.25) is 4.79 Å². The third-order valence-electron chi connectivity index (χ3n) is 5.01. The van der Waals surface area contributed by atoms with Gasteiger partial charge in [-0.1, -0.05) is 66.7 Å². The van der Waals surface area contributed by atoms with Gasteiger partial charge in [-0.15, -0.1) is 0 Å². The topological polar surface area (TPSA) is 38.3 Å². The van der Waals surface area contributed by atoms with Crippen LogP contribution in [0.25, 0.3) is 11.1 Å². The molecule has 148 valence electrons. The highest BCUT2D eigenvalue weighted by atomic mass is 16.5. The highest BCUT2D eigenvalue weighted by Gasteiger charge is 2.13. The molecule has 1 amide bonds. The van der Waals surface area contributed by atoms with Crippen molar-refractivity contribution >= 4 is 11.6 Å². The molecule has 3 nitrogen and oxygen atoms in total. The average Bonchev–Trinajstić information content (AvgIpc) is 2.76. The van der Waals surface area contributed by atoms with Crippen LogP contribution in [0.15, 0.2) is 97.1 Å². The van der Waals surface area contributed by atoms with E-state index >= 15 is 0 Å². The molecule has 0 heterocycles. The van der Waals surface area contributed by atoms with E-state index in [-0.39, 0.29) is 5.91 Å². The Kier molecular flexibility index (Phi) is 5.62.